The zero-order valence-corrected chi connectivity index (χ0v) is 14.0. The number of ether oxygens (including phenoxy) is 1. The normalized spacial score (nSPS) is 36.2. The van der Waals surface area contributed by atoms with Gasteiger partial charge in [-0.3, -0.25) is 9.59 Å². The molecule has 4 aliphatic rings. The van der Waals surface area contributed by atoms with Crippen LogP contribution < -0.4 is 15.4 Å². The molecule has 5 heteroatoms. The number of hydrogen-bond donors (Lipinski definition) is 2. The molecule has 2 amide bonds. The largest absolute Gasteiger partial charge is 0.497 e. The van der Waals surface area contributed by atoms with E-state index in [1.807, 2.05) is 24.3 Å². The Morgan fingerprint density at radius 2 is 1.67 bits per heavy atom. The topological polar surface area (TPSA) is 67.4 Å². The van der Waals surface area contributed by atoms with Gasteiger partial charge in [0.15, 0.2) is 0 Å². The number of rotatable bonds is 5. The molecule has 5 rings (SSSR count). The Labute approximate surface area is 142 Å². The lowest BCUT2D eigenvalue weighted by atomic mass is 9.48. The molecule has 0 spiro atoms. The Morgan fingerprint density at radius 3 is 2.17 bits per heavy atom. The van der Waals surface area contributed by atoms with E-state index in [1.54, 1.807) is 7.11 Å². The smallest absolute Gasteiger partial charge is 0.250 e. The number of carbonyl (C=O) groups excluding carboxylic acids is 2. The van der Waals surface area contributed by atoms with Gasteiger partial charge in [-0.05, 0) is 80.0 Å². The highest BCUT2D eigenvalue weighted by molar-refractivity contribution is 6.00. The van der Waals surface area contributed by atoms with Gasteiger partial charge in [0.25, 0.3) is 5.91 Å². The SMILES string of the molecule is COc1ccc(NC(=O)C2(NC=O)C3CC4CC(C3)CC2C4)cc1. The average Bonchev–Trinajstić information content (AvgIpc) is 2.58. The maximum absolute atomic E-state index is 13.2. The van der Waals surface area contributed by atoms with Gasteiger partial charge in [0.2, 0.25) is 6.41 Å². The van der Waals surface area contributed by atoms with Gasteiger partial charge in [0.1, 0.15) is 11.3 Å². The van der Waals surface area contributed by atoms with Crippen LogP contribution in [0.25, 0.3) is 0 Å². The van der Waals surface area contributed by atoms with Crippen LogP contribution in [0.3, 0.4) is 0 Å². The third-order valence-electron chi connectivity index (χ3n) is 6.45. The predicted molar refractivity (Wildman–Crippen MR) is 90.6 cm³/mol. The summed E-state index contributed by atoms with van der Waals surface area (Å²) in [5.41, 5.74) is -0.00331. The second kappa shape index (κ2) is 5.80. The highest BCUT2D eigenvalue weighted by atomic mass is 16.5. The van der Waals surface area contributed by atoms with E-state index in [9.17, 15) is 9.59 Å². The molecule has 4 saturated carbocycles. The molecule has 24 heavy (non-hydrogen) atoms. The molecule has 4 bridgehead atoms. The first kappa shape index (κ1) is 15.5. The molecule has 1 aromatic rings. The number of anilines is 1. The molecule has 0 atom stereocenters. The first-order chi connectivity index (χ1) is 11.7. The van der Waals surface area contributed by atoms with Gasteiger partial charge in [-0.1, -0.05) is 0 Å². The van der Waals surface area contributed by atoms with Gasteiger partial charge >= 0.3 is 0 Å². The van der Waals surface area contributed by atoms with Crippen LogP contribution in [0.5, 0.6) is 5.75 Å². The standard InChI is InChI=1S/C19H24N2O3/c1-24-17-4-2-16(3-5-17)21-18(23)19(20-11-22)14-7-12-6-13(9-14)10-15(19)8-12/h2-5,11-15H,6-10H2,1H3,(H,20,22)(H,21,23). The Hall–Kier alpha value is -2.04. The number of amides is 2. The number of nitrogens with one attached hydrogen (secondary N) is 2. The summed E-state index contributed by atoms with van der Waals surface area (Å²) in [7, 11) is 1.62. The first-order valence-electron chi connectivity index (χ1n) is 8.82. The summed E-state index contributed by atoms with van der Waals surface area (Å²) in [5.74, 6) is 2.69. The molecule has 1 aromatic carbocycles. The Balaban J connectivity index is 1.60. The van der Waals surface area contributed by atoms with E-state index in [0.29, 0.717) is 0 Å². The Kier molecular flexibility index (Phi) is 3.74. The number of methoxy groups -OCH3 is 1. The molecule has 4 aliphatic carbocycles. The molecule has 5 nitrogen and oxygen atoms in total. The van der Waals surface area contributed by atoms with Crippen LogP contribution in [-0.4, -0.2) is 25.0 Å². The Morgan fingerprint density at radius 1 is 1.08 bits per heavy atom. The summed E-state index contributed by atoms with van der Waals surface area (Å²) in [6.07, 6.45) is 6.27. The minimum absolute atomic E-state index is 0.0615. The zero-order chi connectivity index (χ0) is 16.7. The van der Waals surface area contributed by atoms with Crippen LogP contribution in [0, 0.1) is 23.7 Å². The summed E-state index contributed by atoms with van der Waals surface area (Å²) in [6.45, 7) is 0. The predicted octanol–water partition coefficient (Wildman–Crippen LogP) is 2.57. The molecule has 0 aromatic heterocycles. The van der Waals surface area contributed by atoms with Crippen molar-refractivity contribution in [3.05, 3.63) is 24.3 Å². The molecule has 128 valence electrons. The minimum atomic E-state index is -0.741. The summed E-state index contributed by atoms with van der Waals surface area (Å²) in [6, 6.07) is 7.32. The van der Waals surface area contributed by atoms with Crippen LogP contribution in [-0.2, 0) is 9.59 Å². The fraction of sp³-hybridized carbons (Fsp3) is 0.579. The fourth-order valence-electron chi connectivity index (χ4n) is 5.61. The molecule has 0 heterocycles. The van der Waals surface area contributed by atoms with Crippen molar-refractivity contribution in [2.45, 2.75) is 37.6 Å². The third-order valence-corrected chi connectivity index (χ3v) is 6.45. The van der Waals surface area contributed by atoms with Crippen LogP contribution >= 0.6 is 0 Å². The van der Waals surface area contributed by atoms with E-state index in [-0.39, 0.29) is 17.7 Å². The monoisotopic (exact) mass is 328 g/mol. The molecular formula is C19H24N2O3. The lowest BCUT2D eigenvalue weighted by molar-refractivity contribution is -0.144. The number of benzene rings is 1. The molecular weight excluding hydrogens is 304 g/mol. The summed E-state index contributed by atoms with van der Waals surface area (Å²) < 4.78 is 5.15. The van der Waals surface area contributed by atoms with E-state index in [4.69, 9.17) is 4.74 Å². The number of hydrogen-bond acceptors (Lipinski definition) is 3. The van der Waals surface area contributed by atoms with Gasteiger partial charge in [-0.15, -0.1) is 0 Å². The second-order valence-corrected chi connectivity index (χ2v) is 7.62. The second-order valence-electron chi connectivity index (χ2n) is 7.62. The lowest BCUT2D eigenvalue weighted by Crippen LogP contribution is -2.70. The van der Waals surface area contributed by atoms with Gasteiger partial charge in [0.05, 0.1) is 7.11 Å². The van der Waals surface area contributed by atoms with Gasteiger partial charge in [-0.2, -0.15) is 0 Å². The minimum Gasteiger partial charge on any atom is -0.497 e. The van der Waals surface area contributed by atoms with Gasteiger partial charge in [0, 0.05) is 5.69 Å². The van der Waals surface area contributed by atoms with Crippen molar-refractivity contribution in [1.82, 2.24) is 5.32 Å². The maximum Gasteiger partial charge on any atom is 0.250 e. The van der Waals surface area contributed by atoms with Gasteiger partial charge < -0.3 is 15.4 Å². The molecule has 0 saturated heterocycles. The van der Waals surface area contributed by atoms with Crippen LogP contribution in [0.15, 0.2) is 24.3 Å². The average molecular weight is 328 g/mol. The van der Waals surface area contributed by atoms with Crippen molar-refractivity contribution in [3.63, 3.8) is 0 Å². The van der Waals surface area contributed by atoms with E-state index < -0.39 is 5.54 Å². The van der Waals surface area contributed by atoms with Crippen molar-refractivity contribution >= 4 is 18.0 Å². The maximum atomic E-state index is 13.2. The quantitative estimate of drug-likeness (QED) is 0.816. The summed E-state index contributed by atoms with van der Waals surface area (Å²) >= 11 is 0. The highest BCUT2D eigenvalue weighted by Gasteiger charge is 2.61. The molecule has 4 fully saturated rings. The van der Waals surface area contributed by atoms with Gasteiger partial charge in [-0.25, -0.2) is 0 Å². The van der Waals surface area contributed by atoms with Crippen LogP contribution in [0.4, 0.5) is 5.69 Å². The summed E-state index contributed by atoms with van der Waals surface area (Å²) in [5, 5.41) is 6.00. The molecule has 0 aliphatic heterocycles. The van der Waals surface area contributed by atoms with Crippen LogP contribution in [0.2, 0.25) is 0 Å². The third kappa shape index (κ3) is 2.29. The van der Waals surface area contributed by atoms with Crippen molar-refractivity contribution in [2.24, 2.45) is 23.7 Å². The zero-order valence-electron chi connectivity index (χ0n) is 14.0. The van der Waals surface area contributed by atoms with Crippen molar-refractivity contribution in [3.8, 4) is 5.75 Å². The molecule has 0 unspecified atom stereocenters. The highest BCUT2D eigenvalue weighted by Crippen LogP contribution is 2.58. The van der Waals surface area contributed by atoms with Crippen molar-refractivity contribution < 1.29 is 14.3 Å². The molecule has 0 radical (unpaired) electrons. The van der Waals surface area contributed by atoms with E-state index in [2.05, 4.69) is 10.6 Å². The summed E-state index contributed by atoms with van der Waals surface area (Å²) in [4.78, 5) is 24.5. The van der Waals surface area contributed by atoms with E-state index in [1.165, 1.54) is 6.42 Å². The number of carbonyl (C=O) groups is 2. The first-order valence-corrected chi connectivity index (χ1v) is 8.82. The molecule has 2 N–H and O–H groups in total. The van der Waals surface area contributed by atoms with E-state index >= 15 is 0 Å². The Bertz CT molecular complexity index is 613. The van der Waals surface area contributed by atoms with Crippen molar-refractivity contribution in [2.75, 3.05) is 12.4 Å². The lowest BCUT2D eigenvalue weighted by Gasteiger charge is -2.59. The van der Waals surface area contributed by atoms with E-state index in [0.717, 1.165) is 55.4 Å². The van der Waals surface area contributed by atoms with Crippen LogP contribution in [0.1, 0.15) is 32.1 Å². The fourth-order valence-corrected chi connectivity index (χ4v) is 5.61. The van der Waals surface area contributed by atoms with Crippen molar-refractivity contribution in [1.29, 1.82) is 0 Å².